The van der Waals surface area contributed by atoms with Crippen LogP contribution in [0.15, 0.2) is 89.6 Å². The van der Waals surface area contributed by atoms with Crippen molar-refractivity contribution in [3.63, 3.8) is 0 Å². The van der Waals surface area contributed by atoms with Crippen molar-refractivity contribution in [2.75, 3.05) is 62.7 Å². The summed E-state index contributed by atoms with van der Waals surface area (Å²) in [5, 5.41) is 16.0. The molecule has 5 aromatic rings. The van der Waals surface area contributed by atoms with Crippen molar-refractivity contribution in [3.8, 4) is 11.5 Å². The van der Waals surface area contributed by atoms with Gasteiger partial charge < -0.3 is 24.7 Å². The van der Waals surface area contributed by atoms with Crippen LogP contribution in [-0.4, -0.2) is 86.6 Å². The molecule has 1 unspecified atom stereocenters. The summed E-state index contributed by atoms with van der Waals surface area (Å²) < 4.78 is 81.7. The van der Waals surface area contributed by atoms with Gasteiger partial charge in [-0.2, -0.15) is 13.2 Å². The second-order valence-electron chi connectivity index (χ2n) is 17.9. The van der Waals surface area contributed by atoms with Crippen LogP contribution in [0.25, 0.3) is 16.6 Å². The summed E-state index contributed by atoms with van der Waals surface area (Å²) in [6.45, 7) is 9.21. The number of amides is 1. The van der Waals surface area contributed by atoms with E-state index in [0.29, 0.717) is 80.9 Å². The fourth-order valence-corrected chi connectivity index (χ4v) is 10.2. The number of fused-ring (bicyclic) bond motifs is 1. The zero-order valence-electron chi connectivity index (χ0n) is 36.5. The van der Waals surface area contributed by atoms with E-state index in [0.717, 1.165) is 73.4 Å². The minimum absolute atomic E-state index is 0.0473. The molecule has 0 spiro atoms. The number of allylic oxidation sites excluding steroid dienone is 1. The van der Waals surface area contributed by atoms with Crippen LogP contribution in [0.1, 0.15) is 73.9 Å². The van der Waals surface area contributed by atoms with E-state index in [9.17, 15) is 36.5 Å². The number of nitrogens with one attached hydrogen (secondary N) is 3. The van der Waals surface area contributed by atoms with Gasteiger partial charge >= 0.3 is 6.18 Å². The summed E-state index contributed by atoms with van der Waals surface area (Å²) >= 11 is 6.53. The summed E-state index contributed by atoms with van der Waals surface area (Å²) in [5.41, 5.74) is 2.88. The van der Waals surface area contributed by atoms with Crippen LogP contribution in [0, 0.1) is 21.4 Å². The monoisotopic (exact) mass is 949 g/mol. The van der Waals surface area contributed by atoms with Crippen LogP contribution in [0.5, 0.6) is 11.5 Å². The Morgan fingerprint density at radius 3 is 2.61 bits per heavy atom. The Hall–Kier alpha value is -5.69. The number of ether oxygens (including phenoxy) is 2. The maximum absolute atomic E-state index is 13.9. The molecule has 350 valence electrons. The van der Waals surface area contributed by atoms with Gasteiger partial charge in [-0.25, -0.2) is 18.1 Å². The number of piperazine rings is 1. The van der Waals surface area contributed by atoms with Crippen LogP contribution in [0.2, 0.25) is 5.02 Å². The number of carbonyl (C=O) groups excluding carboxylic acids is 1. The first kappa shape index (κ1) is 46.8. The number of H-pyrrole nitrogens is 1. The Morgan fingerprint density at radius 2 is 1.88 bits per heavy atom. The van der Waals surface area contributed by atoms with Crippen molar-refractivity contribution in [1.82, 2.24) is 19.6 Å². The number of carbonyl (C=O) groups is 1. The first-order chi connectivity index (χ1) is 31.4. The topological polar surface area (TPSA) is 172 Å². The third-order valence-corrected chi connectivity index (χ3v) is 14.2. The lowest BCUT2D eigenvalue weighted by Gasteiger charge is -2.39. The Morgan fingerprint density at radius 1 is 1.08 bits per heavy atom. The second kappa shape index (κ2) is 19.3. The van der Waals surface area contributed by atoms with Crippen molar-refractivity contribution < 1.29 is 40.8 Å². The minimum atomic E-state index is -4.61. The van der Waals surface area contributed by atoms with Gasteiger partial charge in [0.1, 0.15) is 22.8 Å². The quantitative estimate of drug-likeness (QED) is 0.0715. The van der Waals surface area contributed by atoms with Crippen LogP contribution in [0.3, 0.4) is 0 Å². The summed E-state index contributed by atoms with van der Waals surface area (Å²) in [6, 6.07) is 15.4. The highest BCUT2D eigenvalue weighted by Gasteiger charge is 2.34. The molecule has 3 aromatic carbocycles. The molecular formula is C47H51ClF3N7O7S. The molecule has 2 aromatic heterocycles. The van der Waals surface area contributed by atoms with E-state index in [1.165, 1.54) is 30.5 Å². The minimum Gasteiger partial charge on any atom is -0.455 e. The van der Waals surface area contributed by atoms with Crippen molar-refractivity contribution in [2.45, 2.75) is 63.4 Å². The van der Waals surface area contributed by atoms with Crippen LogP contribution in [-0.2, 0) is 20.9 Å². The molecule has 0 bridgehead atoms. The van der Waals surface area contributed by atoms with Crippen molar-refractivity contribution in [2.24, 2.45) is 11.3 Å². The fraction of sp³-hybridized carbons (Fsp3) is 0.404. The maximum Gasteiger partial charge on any atom is 0.416 e. The summed E-state index contributed by atoms with van der Waals surface area (Å²) in [7, 11) is -4.61. The lowest BCUT2D eigenvalue weighted by Crippen LogP contribution is -2.47. The lowest BCUT2D eigenvalue weighted by molar-refractivity contribution is -0.384. The number of anilines is 2. The Bertz CT molecular complexity index is 2770. The maximum atomic E-state index is 13.9. The van der Waals surface area contributed by atoms with Gasteiger partial charge in [-0.1, -0.05) is 37.1 Å². The molecule has 3 aliphatic rings. The summed E-state index contributed by atoms with van der Waals surface area (Å²) in [5.74, 6) is -0.333. The van der Waals surface area contributed by atoms with Gasteiger partial charge in [0.15, 0.2) is 0 Å². The van der Waals surface area contributed by atoms with Crippen LogP contribution < -0.4 is 19.7 Å². The second-order valence-corrected chi connectivity index (χ2v) is 20.0. The van der Waals surface area contributed by atoms with Gasteiger partial charge in [0.25, 0.3) is 21.6 Å². The number of hydrogen-bond acceptors (Lipinski definition) is 11. The number of sulfonamides is 1. The molecule has 2 fully saturated rings. The first-order valence-electron chi connectivity index (χ1n) is 21.9. The number of nitrogens with zero attached hydrogens (tertiary/aromatic N) is 4. The number of pyridine rings is 1. The van der Waals surface area contributed by atoms with Crippen molar-refractivity contribution >= 4 is 61.2 Å². The van der Waals surface area contributed by atoms with Crippen LogP contribution in [0.4, 0.5) is 30.2 Å². The highest BCUT2D eigenvalue weighted by atomic mass is 35.5. The van der Waals surface area contributed by atoms with E-state index < -0.39 is 43.2 Å². The largest absolute Gasteiger partial charge is 0.455 e. The van der Waals surface area contributed by atoms with Gasteiger partial charge in [0, 0.05) is 86.9 Å². The van der Waals surface area contributed by atoms with Gasteiger partial charge in [0.05, 0.1) is 27.1 Å². The predicted octanol–water partition coefficient (Wildman–Crippen LogP) is 10.1. The Kier molecular flexibility index (Phi) is 13.7. The number of nitro benzene ring substituents is 1. The normalized spacial score (nSPS) is 18.3. The number of hydrogen-bond donors (Lipinski definition) is 3. The summed E-state index contributed by atoms with van der Waals surface area (Å²) in [4.78, 5) is 36.7. The molecule has 1 aliphatic carbocycles. The van der Waals surface area contributed by atoms with E-state index in [4.69, 9.17) is 21.1 Å². The van der Waals surface area contributed by atoms with Crippen LogP contribution >= 0.6 is 11.6 Å². The number of alkyl halides is 3. The molecule has 0 saturated carbocycles. The Labute approximate surface area is 385 Å². The third kappa shape index (κ3) is 10.9. The number of aromatic nitrogens is 2. The number of aromatic amines is 1. The van der Waals surface area contributed by atoms with E-state index in [2.05, 4.69) is 43.7 Å². The van der Waals surface area contributed by atoms with Gasteiger partial charge in [-0.15, -0.1) is 0 Å². The zero-order valence-corrected chi connectivity index (χ0v) is 38.1. The molecular weight excluding hydrogens is 899 g/mol. The average molecular weight is 950 g/mol. The number of nitro groups is 1. The van der Waals surface area contributed by atoms with Gasteiger partial charge in [-0.05, 0) is 110 Å². The first-order valence-corrected chi connectivity index (χ1v) is 23.8. The molecule has 0 radical (unpaired) electrons. The fourth-order valence-electron chi connectivity index (χ4n) is 8.91. The van der Waals surface area contributed by atoms with E-state index in [1.807, 2.05) is 6.07 Å². The smallest absolute Gasteiger partial charge is 0.416 e. The SMILES string of the molecule is CC1(C)CCC(CN2CCN(c3ccc(C(=O)NS(=O)(=O)c4ccc(NCCC5CCCOC5)c([N+](=O)[O-])c4)c(Oc4cnc5[nH]ccc5c4)c3)CC2)=C(c2ccc(C(F)(F)F)cc2Cl)C1. The van der Waals surface area contributed by atoms with E-state index >= 15 is 0 Å². The highest BCUT2D eigenvalue weighted by molar-refractivity contribution is 7.90. The molecule has 4 heterocycles. The third-order valence-electron chi connectivity index (χ3n) is 12.6. The molecule has 14 nitrogen and oxygen atoms in total. The zero-order chi connectivity index (χ0) is 46.8. The number of benzene rings is 3. The van der Waals surface area contributed by atoms with Crippen molar-refractivity contribution in [3.05, 3.63) is 117 Å². The standard InChI is InChI=1S/C47H51ClF3N7O7S/c1-46(2)14-11-32(39(26-46)37-8-5-33(23-40(37)48)47(49,50)51)28-56-17-19-57(20-18-56)34-6-9-38(43(24-34)65-35-22-31-13-16-53-44(31)54-27-35)45(59)55-66(62,63)36-7-10-41(42(25-36)58(60)61)52-15-12-30-4-3-21-64-29-30/h5-10,13,16,22-25,27,30,52H,3-4,11-12,14-15,17-21,26,28-29H2,1-2H3,(H,53,54)(H,55,59). The van der Waals surface area contributed by atoms with Gasteiger partial charge in [-0.3, -0.25) is 19.8 Å². The molecule has 3 N–H and O–H groups in total. The number of halogens is 4. The molecule has 19 heteroatoms. The predicted molar refractivity (Wildman–Crippen MR) is 247 cm³/mol. The lowest BCUT2D eigenvalue weighted by atomic mass is 9.72. The molecule has 2 aliphatic heterocycles. The molecule has 8 rings (SSSR count). The number of rotatable bonds is 14. The molecule has 2 saturated heterocycles. The molecule has 1 amide bonds. The highest BCUT2D eigenvalue weighted by Crippen LogP contribution is 2.46. The van der Waals surface area contributed by atoms with E-state index in [1.54, 1.807) is 24.4 Å². The molecule has 1 atom stereocenters. The Balaban J connectivity index is 0.996. The van der Waals surface area contributed by atoms with Gasteiger partial charge in [0.2, 0.25) is 0 Å². The van der Waals surface area contributed by atoms with Crippen molar-refractivity contribution in [1.29, 1.82) is 0 Å². The molecule has 66 heavy (non-hydrogen) atoms. The van der Waals surface area contributed by atoms with E-state index in [-0.39, 0.29) is 27.4 Å². The average Bonchev–Trinajstić information content (AvgIpc) is 3.75. The summed E-state index contributed by atoms with van der Waals surface area (Å²) in [6.07, 6.45) is 3.80.